The lowest BCUT2D eigenvalue weighted by molar-refractivity contribution is 0.102. The summed E-state index contributed by atoms with van der Waals surface area (Å²) in [6.07, 6.45) is 1.22. The van der Waals surface area contributed by atoms with Crippen LogP contribution < -0.4 is 10.5 Å². The average Bonchev–Trinajstić information content (AvgIpc) is 2.40. The van der Waals surface area contributed by atoms with Crippen molar-refractivity contribution in [2.24, 2.45) is 5.14 Å². The van der Waals surface area contributed by atoms with Crippen LogP contribution in [0.3, 0.4) is 0 Å². The highest BCUT2D eigenvalue weighted by atomic mass is 32.2. The van der Waals surface area contributed by atoms with Crippen LogP contribution in [-0.4, -0.2) is 19.3 Å². The van der Waals surface area contributed by atoms with E-state index in [2.05, 4.69) is 10.3 Å². The van der Waals surface area contributed by atoms with E-state index < -0.39 is 21.9 Å². The number of halogens is 1. The smallest absolute Gasteiger partial charge is 0.260 e. The number of carbonyl (C=O) groups is 1. The van der Waals surface area contributed by atoms with Crippen LogP contribution in [0.15, 0.2) is 41.4 Å². The van der Waals surface area contributed by atoms with Crippen LogP contribution in [0.5, 0.6) is 0 Å². The molecule has 21 heavy (non-hydrogen) atoms. The molecule has 6 nitrogen and oxygen atoms in total. The summed E-state index contributed by atoms with van der Waals surface area (Å²) in [7, 11) is -3.90. The third-order valence-electron chi connectivity index (χ3n) is 2.76. The number of nitrogens with zero attached hydrogens (tertiary/aromatic N) is 1. The van der Waals surface area contributed by atoms with Crippen LogP contribution in [-0.2, 0) is 10.0 Å². The third kappa shape index (κ3) is 3.41. The molecule has 2 rings (SSSR count). The molecular weight excluding hydrogens is 297 g/mol. The van der Waals surface area contributed by atoms with Gasteiger partial charge in [-0.05, 0) is 36.8 Å². The number of carbonyl (C=O) groups excluding carboxylic acids is 1. The summed E-state index contributed by atoms with van der Waals surface area (Å²) >= 11 is 0. The molecule has 0 saturated carbocycles. The maximum absolute atomic E-state index is 13.4. The number of benzene rings is 1. The lowest BCUT2D eigenvalue weighted by Gasteiger charge is -2.09. The van der Waals surface area contributed by atoms with Crippen LogP contribution in [0.4, 0.5) is 10.1 Å². The number of aryl methyl sites for hydroxylation is 1. The van der Waals surface area contributed by atoms with Crippen molar-refractivity contribution >= 4 is 21.6 Å². The first kappa shape index (κ1) is 15.1. The summed E-state index contributed by atoms with van der Waals surface area (Å²) in [6, 6.07) is 6.90. The molecule has 1 aromatic carbocycles. The molecule has 8 heteroatoms. The van der Waals surface area contributed by atoms with Gasteiger partial charge in [0.25, 0.3) is 5.91 Å². The predicted molar refractivity (Wildman–Crippen MR) is 74.7 cm³/mol. The lowest BCUT2D eigenvalue weighted by atomic mass is 10.2. The van der Waals surface area contributed by atoms with Crippen molar-refractivity contribution in [3.63, 3.8) is 0 Å². The molecule has 110 valence electrons. The van der Waals surface area contributed by atoms with Gasteiger partial charge in [0.1, 0.15) is 0 Å². The second-order valence-electron chi connectivity index (χ2n) is 4.32. The van der Waals surface area contributed by atoms with Gasteiger partial charge in [0.2, 0.25) is 16.0 Å². The number of primary sulfonamides is 1. The molecule has 0 atom stereocenters. The number of sulfonamides is 1. The van der Waals surface area contributed by atoms with E-state index in [4.69, 9.17) is 5.14 Å². The summed E-state index contributed by atoms with van der Waals surface area (Å²) in [5.41, 5.74) is 0.399. The maximum Gasteiger partial charge on any atom is 0.260 e. The summed E-state index contributed by atoms with van der Waals surface area (Å²) in [5.74, 6) is -1.64. The van der Waals surface area contributed by atoms with Crippen molar-refractivity contribution in [3.8, 4) is 0 Å². The summed E-state index contributed by atoms with van der Waals surface area (Å²) < 4.78 is 36.2. The van der Waals surface area contributed by atoms with Gasteiger partial charge < -0.3 is 5.32 Å². The van der Waals surface area contributed by atoms with Gasteiger partial charge in [-0.15, -0.1) is 0 Å². The number of nitrogens with two attached hydrogens (primary N) is 1. The molecule has 0 spiro atoms. The van der Waals surface area contributed by atoms with Crippen LogP contribution in [0.25, 0.3) is 0 Å². The topological polar surface area (TPSA) is 102 Å². The van der Waals surface area contributed by atoms with Gasteiger partial charge in [0, 0.05) is 11.9 Å². The summed E-state index contributed by atoms with van der Waals surface area (Å²) in [5, 5.41) is 7.48. The highest BCUT2D eigenvalue weighted by Crippen LogP contribution is 2.19. The Morgan fingerprint density at radius 2 is 2.05 bits per heavy atom. The molecule has 1 aromatic heterocycles. The molecule has 0 saturated heterocycles. The van der Waals surface area contributed by atoms with Gasteiger partial charge in [0.05, 0.1) is 10.5 Å². The number of rotatable bonds is 3. The molecule has 0 aliphatic carbocycles. The average molecular weight is 309 g/mol. The third-order valence-corrected chi connectivity index (χ3v) is 3.81. The fourth-order valence-electron chi connectivity index (χ4n) is 1.74. The highest BCUT2D eigenvalue weighted by molar-refractivity contribution is 7.89. The Hall–Kier alpha value is -2.32. The normalized spacial score (nSPS) is 11.2. The van der Waals surface area contributed by atoms with Crippen molar-refractivity contribution in [1.29, 1.82) is 0 Å². The number of nitrogens with one attached hydrogen (secondary N) is 1. The molecule has 0 aliphatic rings. The zero-order valence-electron chi connectivity index (χ0n) is 11.0. The molecule has 0 aliphatic heterocycles. The fourth-order valence-corrected chi connectivity index (χ4v) is 2.55. The molecule has 3 N–H and O–H groups in total. The number of hydrogen-bond acceptors (Lipinski definition) is 4. The molecule has 1 amide bonds. The van der Waals surface area contributed by atoms with E-state index in [1.54, 1.807) is 6.92 Å². The number of pyridine rings is 1. The predicted octanol–water partition coefficient (Wildman–Crippen LogP) is 1.43. The van der Waals surface area contributed by atoms with Crippen molar-refractivity contribution in [1.82, 2.24) is 4.98 Å². The molecule has 0 bridgehead atoms. The molecule has 0 fully saturated rings. The van der Waals surface area contributed by atoms with E-state index in [0.717, 1.165) is 0 Å². The monoisotopic (exact) mass is 309 g/mol. The van der Waals surface area contributed by atoms with Crippen molar-refractivity contribution in [2.45, 2.75) is 11.8 Å². The Bertz CT molecular complexity index is 806. The maximum atomic E-state index is 13.4. The minimum absolute atomic E-state index is 0.105. The van der Waals surface area contributed by atoms with Crippen LogP contribution in [0.2, 0.25) is 0 Å². The second kappa shape index (κ2) is 5.58. The van der Waals surface area contributed by atoms with Crippen LogP contribution >= 0.6 is 0 Å². The number of anilines is 1. The zero-order chi connectivity index (χ0) is 15.6. The number of amides is 1. The Kier molecular flexibility index (Phi) is 4.01. The van der Waals surface area contributed by atoms with Gasteiger partial charge >= 0.3 is 0 Å². The van der Waals surface area contributed by atoms with E-state index in [1.807, 2.05) is 0 Å². The van der Waals surface area contributed by atoms with E-state index in [9.17, 15) is 17.6 Å². The fraction of sp³-hybridized carbons (Fsp3) is 0.0769. The second-order valence-corrected chi connectivity index (χ2v) is 5.85. The van der Waals surface area contributed by atoms with Gasteiger partial charge in [-0.3, -0.25) is 4.79 Å². The quantitative estimate of drug-likeness (QED) is 0.837. The van der Waals surface area contributed by atoms with Crippen LogP contribution in [0, 0.1) is 12.9 Å². The van der Waals surface area contributed by atoms with Crippen LogP contribution in [0.1, 0.15) is 15.9 Å². The van der Waals surface area contributed by atoms with Crippen molar-refractivity contribution in [3.05, 3.63) is 53.6 Å². The van der Waals surface area contributed by atoms with E-state index in [1.165, 1.54) is 36.5 Å². The molecule has 2 aromatic rings. The van der Waals surface area contributed by atoms with Crippen molar-refractivity contribution in [2.75, 3.05) is 5.32 Å². The SMILES string of the molecule is Cc1ccc(NC(=O)c2cccnc2F)cc1S(N)(=O)=O. The van der Waals surface area contributed by atoms with Gasteiger partial charge in [0.15, 0.2) is 0 Å². The van der Waals surface area contributed by atoms with Gasteiger partial charge in [-0.2, -0.15) is 4.39 Å². The summed E-state index contributed by atoms with van der Waals surface area (Å²) in [6.45, 7) is 1.58. The minimum atomic E-state index is -3.90. The lowest BCUT2D eigenvalue weighted by Crippen LogP contribution is -2.17. The van der Waals surface area contributed by atoms with E-state index in [-0.39, 0.29) is 16.1 Å². The first-order valence-corrected chi connectivity index (χ1v) is 7.39. The molecule has 1 heterocycles. The van der Waals surface area contributed by atoms with E-state index in [0.29, 0.717) is 5.56 Å². The van der Waals surface area contributed by atoms with E-state index >= 15 is 0 Å². The Morgan fingerprint density at radius 1 is 1.33 bits per heavy atom. The van der Waals surface area contributed by atoms with Crippen molar-refractivity contribution < 1.29 is 17.6 Å². The first-order chi connectivity index (χ1) is 9.79. The number of hydrogen-bond donors (Lipinski definition) is 2. The Morgan fingerprint density at radius 3 is 2.67 bits per heavy atom. The number of aromatic nitrogens is 1. The Balaban J connectivity index is 2.33. The minimum Gasteiger partial charge on any atom is -0.322 e. The Labute approximate surface area is 120 Å². The summed E-state index contributed by atoms with van der Waals surface area (Å²) in [4.78, 5) is 15.2. The standard InChI is InChI=1S/C13H12FN3O3S/c1-8-4-5-9(7-11(8)21(15,19)20)17-13(18)10-3-2-6-16-12(10)14/h2-7H,1H3,(H,17,18)(H2,15,19,20). The highest BCUT2D eigenvalue weighted by Gasteiger charge is 2.15. The molecular formula is C13H12FN3O3S. The molecule has 0 unspecified atom stereocenters. The largest absolute Gasteiger partial charge is 0.322 e. The van der Waals surface area contributed by atoms with Gasteiger partial charge in [-0.25, -0.2) is 18.5 Å². The first-order valence-electron chi connectivity index (χ1n) is 5.84. The zero-order valence-corrected chi connectivity index (χ0v) is 11.8. The van der Waals surface area contributed by atoms with Gasteiger partial charge in [-0.1, -0.05) is 6.07 Å². The molecule has 0 radical (unpaired) electrons.